The molecule has 0 aromatic carbocycles. The van der Waals surface area contributed by atoms with Crippen molar-refractivity contribution in [1.82, 2.24) is 10.6 Å². The number of carbonyl (C=O) groups is 1. The maximum Gasteiger partial charge on any atom is 0.407 e. The van der Waals surface area contributed by atoms with Gasteiger partial charge < -0.3 is 20.1 Å². The summed E-state index contributed by atoms with van der Waals surface area (Å²) in [6, 6.07) is 0. The van der Waals surface area contributed by atoms with Crippen molar-refractivity contribution in [2.45, 2.75) is 58.6 Å². The Labute approximate surface area is 129 Å². The smallest absolute Gasteiger partial charge is 0.407 e. The molecular formula is C16H32N2O3. The Kier molecular flexibility index (Phi) is 6.47. The predicted molar refractivity (Wildman–Crippen MR) is 84.4 cm³/mol. The fourth-order valence-corrected chi connectivity index (χ4v) is 2.39. The minimum atomic E-state index is -0.458. The molecule has 124 valence electrons. The summed E-state index contributed by atoms with van der Waals surface area (Å²) in [5, 5.41) is 6.51. The number of hydrogen-bond acceptors (Lipinski definition) is 4. The molecule has 2 unspecified atom stereocenters. The van der Waals surface area contributed by atoms with E-state index in [4.69, 9.17) is 9.47 Å². The highest BCUT2D eigenvalue weighted by Crippen LogP contribution is 2.39. The Bertz CT molecular complexity index is 337. The van der Waals surface area contributed by atoms with Crippen LogP contribution in [0.4, 0.5) is 4.79 Å². The lowest BCUT2D eigenvalue weighted by Gasteiger charge is -2.33. The number of nitrogens with one attached hydrogen (secondary N) is 2. The summed E-state index contributed by atoms with van der Waals surface area (Å²) < 4.78 is 10.5. The van der Waals surface area contributed by atoms with E-state index in [1.807, 2.05) is 20.8 Å². The topological polar surface area (TPSA) is 59.6 Å². The summed E-state index contributed by atoms with van der Waals surface area (Å²) in [5.74, 6) is 1.08. The van der Waals surface area contributed by atoms with E-state index < -0.39 is 5.60 Å². The Balaban J connectivity index is 2.43. The fourth-order valence-electron chi connectivity index (χ4n) is 2.39. The highest BCUT2D eigenvalue weighted by molar-refractivity contribution is 5.67. The molecule has 1 fully saturated rings. The fraction of sp³-hybridized carbons (Fsp3) is 0.938. The van der Waals surface area contributed by atoms with Crippen LogP contribution in [-0.2, 0) is 9.47 Å². The van der Waals surface area contributed by atoms with E-state index in [1.165, 1.54) is 12.8 Å². The van der Waals surface area contributed by atoms with Gasteiger partial charge in [0, 0.05) is 32.3 Å². The van der Waals surface area contributed by atoms with Crippen LogP contribution in [0.15, 0.2) is 0 Å². The summed E-state index contributed by atoms with van der Waals surface area (Å²) in [6.45, 7) is 12.2. The SMILES string of the molecule is COCC(C)CNC(C)(CNC(=O)OC(C)(C)C)C1CC1. The molecule has 2 N–H and O–H groups in total. The van der Waals surface area contributed by atoms with Crippen molar-refractivity contribution < 1.29 is 14.3 Å². The maximum atomic E-state index is 11.8. The van der Waals surface area contributed by atoms with Crippen molar-refractivity contribution in [3.8, 4) is 0 Å². The van der Waals surface area contributed by atoms with E-state index in [9.17, 15) is 4.79 Å². The molecule has 2 atom stereocenters. The predicted octanol–water partition coefficient (Wildman–Crippen LogP) is 2.55. The third kappa shape index (κ3) is 7.14. The molecule has 1 aliphatic carbocycles. The lowest BCUT2D eigenvalue weighted by molar-refractivity contribution is 0.0506. The number of amides is 1. The molecule has 0 heterocycles. The van der Waals surface area contributed by atoms with E-state index in [0.29, 0.717) is 18.4 Å². The second-order valence-electron chi connectivity index (χ2n) is 7.49. The molecule has 0 bridgehead atoms. The van der Waals surface area contributed by atoms with Crippen LogP contribution in [0.25, 0.3) is 0 Å². The molecule has 1 aliphatic rings. The van der Waals surface area contributed by atoms with Crippen LogP contribution in [0.3, 0.4) is 0 Å². The Morgan fingerprint density at radius 3 is 2.38 bits per heavy atom. The maximum absolute atomic E-state index is 11.8. The van der Waals surface area contributed by atoms with E-state index in [-0.39, 0.29) is 11.6 Å². The van der Waals surface area contributed by atoms with Gasteiger partial charge in [-0.2, -0.15) is 0 Å². The van der Waals surface area contributed by atoms with Gasteiger partial charge in [-0.3, -0.25) is 0 Å². The van der Waals surface area contributed by atoms with Gasteiger partial charge in [0.05, 0.1) is 0 Å². The number of hydrogen-bond donors (Lipinski definition) is 2. The third-order valence-corrected chi connectivity index (χ3v) is 3.78. The molecule has 1 amide bonds. The summed E-state index contributed by atoms with van der Waals surface area (Å²) in [7, 11) is 1.72. The van der Waals surface area contributed by atoms with Crippen LogP contribution in [-0.4, -0.2) is 44.0 Å². The minimum Gasteiger partial charge on any atom is -0.444 e. The molecule has 0 radical (unpaired) electrons. The Morgan fingerprint density at radius 2 is 1.90 bits per heavy atom. The average Bonchev–Trinajstić information content (AvgIpc) is 3.17. The highest BCUT2D eigenvalue weighted by atomic mass is 16.6. The van der Waals surface area contributed by atoms with Gasteiger partial charge in [0.15, 0.2) is 0 Å². The second-order valence-corrected chi connectivity index (χ2v) is 7.49. The highest BCUT2D eigenvalue weighted by Gasteiger charge is 2.41. The first-order valence-electron chi connectivity index (χ1n) is 7.87. The van der Waals surface area contributed by atoms with Gasteiger partial charge in [-0.15, -0.1) is 0 Å². The number of carbonyl (C=O) groups excluding carboxylic acids is 1. The van der Waals surface area contributed by atoms with E-state index in [1.54, 1.807) is 7.11 Å². The molecule has 0 saturated heterocycles. The minimum absolute atomic E-state index is 0.0705. The van der Waals surface area contributed by atoms with Crippen LogP contribution in [0, 0.1) is 11.8 Å². The van der Waals surface area contributed by atoms with Crippen molar-refractivity contribution in [2.24, 2.45) is 11.8 Å². The van der Waals surface area contributed by atoms with Crippen molar-refractivity contribution in [3.05, 3.63) is 0 Å². The Morgan fingerprint density at radius 1 is 1.29 bits per heavy atom. The van der Waals surface area contributed by atoms with Gasteiger partial charge in [-0.25, -0.2) is 4.79 Å². The standard InChI is InChI=1S/C16H32N2O3/c1-12(10-20-6)9-18-16(5,13-7-8-13)11-17-14(19)21-15(2,3)4/h12-13,18H,7-11H2,1-6H3,(H,17,19). The molecule has 0 aromatic heterocycles. The summed E-state index contributed by atoms with van der Waals surface area (Å²) >= 11 is 0. The van der Waals surface area contributed by atoms with Gasteiger partial charge >= 0.3 is 6.09 Å². The zero-order chi connectivity index (χ0) is 16.1. The normalized spacial score (nSPS) is 19.7. The number of ether oxygens (including phenoxy) is 2. The lowest BCUT2D eigenvalue weighted by atomic mass is 9.94. The van der Waals surface area contributed by atoms with Gasteiger partial charge in [0.1, 0.15) is 5.60 Å². The zero-order valence-electron chi connectivity index (χ0n) is 14.4. The quantitative estimate of drug-likeness (QED) is 0.723. The van der Waals surface area contributed by atoms with Crippen molar-refractivity contribution in [3.63, 3.8) is 0 Å². The molecule has 1 rings (SSSR count). The van der Waals surface area contributed by atoms with Crippen LogP contribution >= 0.6 is 0 Å². The van der Waals surface area contributed by atoms with Crippen molar-refractivity contribution in [2.75, 3.05) is 26.8 Å². The van der Waals surface area contributed by atoms with Gasteiger partial charge in [-0.05, 0) is 52.4 Å². The molecule has 0 aromatic rings. The zero-order valence-corrected chi connectivity index (χ0v) is 14.4. The Hall–Kier alpha value is -0.810. The lowest BCUT2D eigenvalue weighted by Crippen LogP contribution is -2.54. The van der Waals surface area contributed by atoms with Crippen LogP contribution < -0.4 is 10.6 Å². The molecular weight excluding hydrogens is 268 g/mol. The number of rotatable bonds is 8. The van der Waals surface area contributed by atoms with Crippen LogP contribution in [0.2, 0.25) is 0 Å². The van der Waals surface area contributed by atoms with Gasteiger partial charge in [-0.1, -0.05) is 6.92 Å². The summed E-state index contributed by atoms with van der Waals surface area (Å²) in [5.41, 5.74) is -0.528. The molecule has 0 spiro atoms. The molecule has 5 nitrogen and oxygen atoms in total. The first-order valence-corrected chi connectivity index (χ1v) is 7.87. The second kappa shape index (κ2) is 7.45. The summed E-state index contributed by atoms with van der Waals surface area (Å²) in [4.78, 5) is 11.8. The molecule has 1 saturated carbocycles. The van der Waals surface area contributed by atoms with E-state index in [2.05, 4.69) is 24.5 Å². The first kappa shape index (κ1) is 18.2. The van der Waals surface area contributed by atoms with Crippen molar-refractivity contribution in [1.29, 1.82) is 0 Å². The number of alkyl carbamates (subject to hydrolysis) is 1. The largest absolute Gasteiger partial charge is 0.444 e. The van der Waals surface area contributed by atoms with Gasteiger partial charge in [0.25, 0.3) is 0 Å². The summed E-state index contributed by atoms with van der Waals surface area (Å²) in [6.07, 6.45) is 2.09. The van der Waals surface area contributed by atoms with E-state index in [0.717, 1.165) is 13.2 Å². The van der Waals surface area contributed by atoms with Crippen molar-refractivity contribution >= 4 is 6.09 Å². The van der Waals surface area contributed by atoms with Crippen LogP contribution in [0.1, 0.15) is 47.5 Å². The average molecular weight is 300 g/mol. The third-order valence-electron chi connectivity index (χ3n) is 3.78. The molecule has 21 heavy (non-hydrogen) atoms. The molecule has 5 heteroatoms. The first-order chi connectivity index (χ1) is 9.66. The van der Waals surface area contributed by atoms with Gasteiger partial charge in [0.2, 0.25) is 0 Å². The monoisotopic (exact) mass is 300 g/mol. The van der Waals surface area contributed by atoms with Crippen LogP contribution in [0.5, 0.6) is 0 Å². The molecule has 0 aliphatic heterocycles. The number of methoxy groups -OCH3 is 1. The van der Waals surface area contributed by atoms with E-state index >= 15 is 0 Å².